The summed E-state index contributed by atoms with van der Waals surface area (Å²) < 4.78 is 63.1. The third-order valence-electron chi connectivity index (χ3n) is 26.7. The van der Waals surface area contributed by atoms with E-state index in [9.17, 15) is 26.3 Å². The van der Waals surface area contributed by atoms with Gasteiger partial charge in [-0.2, -0.15) is 26.3 Å². The molecule has 1 aliphatic heterocycles. The third-order valence-corrected chi connectivity index (χ3v) is 26.7. The summed E-state index contributed by atoms with van der Waals surface area (Å²) in [5.41, 5.74) is 16.6. The molecule has 0 radical (unpaired) electrons. The Morgan fingerprint density at radius 3 is 0.598 bits per heavy atom. The summed E-state index contributed by atoms with van der Waals surface area (Å²) in [7, 11) is 2.54. The fourth-order valence-corrected chi connectivity index (χ4v) is 26.2. The lowest BCUT2D eigenvalue weighted by Gasteiger charge is -2.55. The molecule has 28 aromatic carbocycles. The van der Waals surface area contributed by atoms with E-state index in [4.69, 9.17) is 31.3 Å². The quantitative estimate of drug-likeness (QED) is 0.131. The normalized spacial score (nSPS) is 21.9. The average molecular weight is 1060 g/mol. The van der Waals surface area contributed by atoms with Crippen LogP contribution >= 0.6 is 0 Å². The van der Waals surface area contributed by atoms with Crippen LogP contribution < -0.4 is 21.7 Å². The van der Waals surface area contributed by atoms with Crippen molar-refractivity contribution in [1.29, 1.82) is 0 Å². The Bertz CT molecular complexity index is 7420. The molecule has 0 bridgehead atoms. The van der Waals surface area contributed by atoms with Crippen molar-refractivity contribution < 1.29 is 57.6 Å². The molecular formula is C69H15F6N3O4. The zero-order valence-electron chi connectivity index (χ0n) is 41.4. The van der Waals surface area contributed by atoms with E-state index in [2.05, 4.69) is 11.9 Å². The molecule has 0 atom stereocenters. The number of hydrogen-bond acceptors (Lipinski definition) is 5. The topological polar surface area (TPSA) is 139 Å². The first-order valence-electron chi connectivity index (χ1n) is 28.2. The number of carbonyl (C=O) groups is 2. The first-order chi connectivity index (χ1) is 39.6. The summed E-state index contributed by atoms with van der Waals surface area (Å²) in [6.45, 7) is 2.74. The second kappa shape index (κ2) is 8.43. The number of benzene rings is 18. The number of quaternary nitrogens is 2. The van der Waals surface area contributed by atoms with Crippen LogP contribution in [0.2, 0.25) is 0 Å². The smallest absolute Gasteiger partial charge is 0.430 e. The molecule has 7 nitrogen and oxygen atoms in total. The minimum atomic E-state index is -5.19. The van der Waals surface area contributed by atoms with Crippen LogP contribution in [0.15, 0.2) is 0 Å². The number of nitrogens with zero attached hydrogens (tertiary/aromatic N) is 1. The molecular weight excluding hydrogens is 1050 g/mol. The van der Waals surface area contributed by atoms with Crippen molar-refractivity contribution in [3.8, 4) is 0 Å². The Morgan fingerprint density at radius 1 is 0.329 bits per heavy atom. The molecule has 1 heterocycles. The number of likely N-dealkylation sites (N-methyl/N-ethyl adjacent to an activating group) is 1. The van der Waals surface area contributed by atoms with Gasteiger partial charge in [0.15, 0.2) is 0 Å². The predicted octanol–water partition coefficient (Wildman–Crippen LogP) is 12.1. The Balaban J connectivity index is 0.000000259. The Hall–Kier alpha value is -9.14. The zero-order valence-corrected chi connectivity index (χ0v) is 41.4. The number of halogens is 6. The van der Waals surface area contributed by atoms with Gasteiger partial charge in [-0.1, -0.05) is 0 Å². The maximum absolute atomic E-state index is 10.5. The molecule has 0 unspecified atom stereocenters. The lowest BCUT2D eigenvalue weighted by molar-refractivity contribution is -0.442. The number of rotatable bonds is 2. The minimum absolute atomic E-state index is 0.248. The molecule has 28 aromatic rings. The highest BCUT2D eigenvalue weighted by molar-refractivity contribution is 6.82. The Kier molecular flexibility index (Phi) is 3.73. The van der Waals surface area contributed by atoms with Gasteiger partial charge in [-0.25, -0.2) is 0 Å². The molecule has 13 heteroatoms. The number of carbonyl (C=O) groups excluding carboxylic acids is 2. The van der Waals surface area contributed by atoms with Gasteiger partial charge in [-0.05, 0) is 320 Å². The van der Waals surface area contributed by atoms with Crippen LogP contribution in [0.1, 0.15) is 22.3 Å². The van der Waals surface area contributed by atoms with Crippen LogP contribution in [0.4, 0.5) is 26.3 Å². The molecule has 0 saturated carbocycles. The van der Waals surface area contributed by atoms with E-state index in [1.54, 1.807) is 313 Å². The van der Waals surface area contributed by atoms with Gasteiger partial charge < -0.3 is 31.3 Å². The van der Waals surface area contributed by atoms with Crippen molar-refractivity contribution in [1.82, 2.24) is 4.90 Å². The van der Waals surface area contributed by atoms with Crippen molar-refractivity contribution in [2.45, 2.75) is 28.7 Å². The van der Waals surface area contributed by atoms with Crippen LogP contribution in [0.5, 0.6) is 0 Å². The molecule has 0 amide bonds. The van der Waals surface area contributed by atoms with Crippen molar-refractivity contribution in [3.05, 3.63) is 22.3 Å². The number of hydrogen-bond donors (Lipinski definition) is 2. The van der Waals surface area contributed by atoms with E-state index < -0.39 is 24.3 Å². The molecule has 372 valence electrons. The molecule has 4 aliphatic carbocycles. The Morgan fingerprint density at radius 2 is 0.463 bits per heavy atom. The van der Waals surface area contributed by atoms with E-state index >= 15 is 0 Å². The number of carboxylic acids is 2. The highest BCUT2D eigenvalue weighted by atomic mass is 19.4. The molecule has 1 saturated heterocycles. The van der Waals surface area contributed by atoms with E-state index in [1.807, 2.05) is 0 Å². The van der Waals surface area contributed by atoms with Crippen LogP contribution in [0.25, 0.3) is 291 Å². The van der Waals surface area contributed by atoms with Crippen LogP contribution in [-0.4, -0.2) is 61.4 Å². The fourth-order valence-electron chi connectivity index (χ4n) is 26.2. The molecule has 5 aliphatic rings. The van der Waals surface area contributed by atoms with Gasteiger partial charge in [0.2, 0.25) is 0 Å². The summed E-state index contributed by atoms with van der Waals surface area (Å²) in [5, 5.41) is 108. The lowest BCUT2D eigenvalue weighted by atomic mass is 9.45. The van der Waals surface area contributed by atoms with Gasteiger partial charge in [0.25, 0.3) is 0 Å². The van der Waals surface area contributed by atoms with E-state index in [0.717, 1.165) is 19.6 Å². The van der Waals surface area contributed by atoms with Gasteiger partial charge in [-0.15, -0.1) is 0 Å². The van der Waals surface area contributed by atoms with Gasteiger partial charge in [0, 0.05) is 6.54 Å². The van der Waals surface area contributed by atoms with Crippen LogP contribution in [0.3, 0.4) is 0 Å². The molecule has 82 heavy (non-hydrogen) atoms. The summed E-state index contributed by atoms with van der Waals surface area (Å²) in [4.78, 5) is 20.5. The van der Waals surface area contributed by atoms with Crippen LogP contribution in [0, 0.1) is 0 Å². The van der Waals surface area contributed by atoms with Crippen molar-refractivity contribution in [2.75, 3.05) is 26.7 Å². The first kappa shape index (κ1) is 36.3. The summed E-state index contributed by atoms with van der Waals surface area (Å²) in [6.07, 6.45) is -10.4. The third kappa shape index (κ3) is 2.14. The largest absolute Gasteiger partial charge is 0.542 e. The van der Waals surface area contributed by atoms with Crippen molar-refractivity contribution >= 4 is 303 Å². The number of aliphatic carboxylic acids is 2. The zero-order chi connectivity index (χ0) is 52.8. The SMILES string of the molecule is CN1CC23c4c5c6c7c8c9c(c%10c%11c2c2c4c4c%12c5c5c6c6c8c8c%13c9c9c%10c%10c%11c%11c2c2c4c4c%12c%12c5c5c6c8c6c8c%13c9c9c%10c%10c%11c2c2c4c4c%12c5c6c5c8c9c%10c2c45)C73C1(C[NH3+])C[NH3+].O=C([O-])C(F)(F)F.O=C([O-])C(F)(F)F. The van der Waals surface area contributed by atoms with Gasteiger partial charge in [0.05, 0.1) is 23.9 Å². The fraction of sp³-hybridized carbons (Fsp3) is 0.130. The van der Waals surface area contributed by atoms with Crippen molar-refractivity contribution in [3.63, 3.8) is 0 Å². The Labute approximate surface area is 441 Å². The summed E-state index contributed by atoms with van der Waals surface area (Å²) >= 11 is 0. The highest BCUT2D eigenvalue weighted by Gasteiger charge is 2.81. The molecule has 33 rings (SSSR count). The monoisotopic (exact) mass is 1060 g/mol. The van der Waals surface area contributed by atoms with Gasteiger partial charge in [0.1, 0.15) is 17.5 Å². The first-order valence-corrected chi connectivity index (χ1v) is 28.2. The maximum Gasteiger partial charge on any atom is 0.430 e. The van der Waals surface area contributed by atoms with E-state index in [0.29, 0.717) is 0 Å². The molecule has 1 fully saturated rings. The average Bonchev–Trinajstić information content (AvgIpc) is 1.38. The number of alkyl halides is 6. The van der Waals surface area contributed by atoms with E-state index in [1.165, 1.54) is 0 Å². The number of likely N-dealkylation sites (tertiary alicyclic amines) is 1. The van der Waals surface area contributed by atoms with Gasteiger partial charge >= 0.3 is 12.4 Å². The van der Waals surface area contributed by atoms with E-state index in [-0.39, 0.29) is 16.4 Å². The summed E-state index contributed by atoms with van der Waals surface area (Å²) in [5.74, 6) is -6.01. The molecule has 0 aromatic heterocycles. The molecule has 6 N–H and O–H groups in total. The second-order valence-corrected chi connectivity index (χ2v) is 27.4. The summed E-state index contributed by atoms with van der Waals surface area (Å²) in [6, 6.07) is 0. The van der Waals surface area contributed by atoms with Crippen molar-refractivity contribution in [2.24, 2.45) is 0 Å². The lowest BCUT2D eigenvalue weighted by Crippen LogP contribution is -2.81. The minimum Gasteiger partial charge on any atom is -0.542 e. The van der Waals surface area contributed by atoms with Crippen LogP contribution in [-0.2, 0) is 20.4 Å². The second-order valence-electron chi connectivity index (χ2n) is 27.4. The standard InChI is InChI=1S/C65H13N3.2C2HF3O2/c1-68-4-64-59-51-43-33-23-15-7-5-6-9-13-11(7)19-27-21(13)31-25-17(9)18-10(6)14-12-8(5)16(15)24-30-20(12)28-22(14)32-26(18)36-35(25)47-41(31)49-39(27)45(37(43)29(19)23)53(59)55(49)61-57(47)58-48(36)42(32)50-40(28)46-38(30)44(34(24)33)52(51)60(64)54(46)56(50)62(58)65(61,64)63(68,2-66)3-67;2*3-2(4,5)1(6)7/h2-4,66-67H2,1H3;2*(H,6,7). The highest BCUT2D eigenvalue weighted by Crippen LogP contribution is 2.86. The van der Waals surface area contributed by atoms with Gasteiger partial charge in [-0.3, -0.25) is 4.90 Å². The maximum atomic E-state index is 10.5. The predicted molar refractivity (Wildman–Crippen MR) is 307 cm³/mol. The molecule has 2 spiro atoms. The number of carboxylic acid groups (broad SMARTS) is 2.